The second kappa shape index (κ2) is 4.80. The summed E-state index contributed by atoms with van der Waals surface area (Å²) in [5, 5.41) is 11.0. The monoisotopic (exact) mass is 366 g/mol. The number of fused-ring (bicyclic) bond motifs is 1. The summed E-state index contributed by atoms with van der Waals surface area (Å²) in [7, 11) is 0. The second-order valence-corrected chi connectivity index (χ2v) is 7.51. The van der Waals surface area contributed by atoms with Gasteiger partial charge in [-0.2, -0.15) is 0 Å². The van der Waals surface area contributed by atoms with Crippen LogP contribution in [0.25, 0.3) is 0 Å². The number of benzene rings is 1. The highest BCUT2D eigenvalue weighted by Gasteiger charge is 2.76. The van der Waals surface area contributed by atoms with E-state index in [2.05, 4.69) is 0 Å². The third-order valence-corrected chi connectivity index (χ3v) is 6.82. The number of carbonyl (C=O) groups excluding carboxylic acids is 2. The summed E-state index contributed by atoms with van der Waals surface area (Å²) in [5.41, 5.74) is -0.0932. The minimum Gasteiger partial charge on any atom is -0.272 e. The maximum Gasteiger partial charge on any atom is 0.271 e. The predicted octanol–water partition coefficient (Wildman–Crippen LogP) is 3.02. The maximum atomic E-state index is 13.0. The first-order chi connectivity index (χ1) is 11.3. The first-order valence-corrected chi connectivity index (χ1v) is 8.27. The van der Waals surface area contributed by atoms with Gasteiger partial charge in [0.25, 0.3) is 17.5 Å². The number of carbonyl (C=O) groups is 2. The van der Waals surface area contributed by atoms with Crippen LogP contribution < -0.4 is 4.90 Å². The molecule has 1 aromatic carbocycles. The van der Waals surface area contributed by atoms with Crippen molar-refractivity contribution in [3.63, 3.8) is 0 Å². The van der Waals surface area contributed by atoms with Crippen molar-refractivity contribution in [1.29, 1.82) is 0 Å². The molecule has 1 heterocycles. The number of rotatable bonds is 2. The second-order valence-electron chi connectivity index (χ2n) is 6.32. The molecule has 1 saturated heterocycles. The molecule has 5 rings (SSSR count). The molecule has 2 bridgehead atoms. The van der Waals surface area contributed by atoms with E-state index in [1.807, 2.05) is 12.2 Å². The van der Waals surface area contributed by atoms with E-state index in [4.69, 9.17) is 23.2 Å². The van der Waals surface area contributed by atoms with Crippen molar-refractivity contribution < 1.29 is 14.5 Å². The molecule has 24 heavy (non-hydrogen) atoms. The third kappa shape index (κ3) is 1.62. The Morgan fingerprint density at radius 1 is 1.08 bits per heavy atom. The number of amides is 2. The molecule has 1 saturated carbocycles. The molecule has 3 aliphatic carbocycles. The maximum absolute atomic E-state index is 13.0. The Hall–Kier alpha value is -1.92. The van der Waals surface area contributed by atoms with Crippen LogP contribution in [0, 0.1) is 22.0 Å². The van der Waals surface area contributed by atoms with E-state index in [1.54, 1.807) is 0 Å². The number of nitro groups is 1. The van der Waals surface area contributed by atoms with Gasteiger partial charge in [0.2, 0.25) is 0 Å². The zero-order valence-corrected chi connectivity index (χ0v) is 13.8. The van der Waals surface area contributed by atoms with Crippen LogP contribution in [0.4, 0.5) is 11.4 Å². The highest BCUT2D eigenvalue weighted by molar-refractivity contribution is 6.58. The van der Waals surface area contributed by atoms with E-state index in [0.717, 1.165) is 4.90 Å². The van der Waals surface area contributed by atoms with E-state index >= 15 is 0 Å². The molecule has 2 amide bonds. The van der Waals surface area contributed by atoms with Crippen LogP contribution in [0.2, 0.25) is 0 Å². The number of hydrogen-bond donors (Lipinski definition) is 0. The van der Waals surface area contributed by atoms with Crippen LogP contribution in [0.15, 0.2) is 36.4 Å². The van der Waals surface area contributed by atoms with E-state index in [-0.39, 0.29) is 23.2 Å². The number of anilines is 1. The Bertz CT molecular complexity index is 788. The van der Waals surface area contributed by atoms with Crippen molar-refractivity contribution >= 4 is 46.4 Å². The average molecular weight is 367 g/mol. The minimum atomic E-state index is -1.55. The quantitative estimate of drug-likeness (QED) is 0.265. The smallest absolute Gasteiger partial charge is 0.271 e. The van der Waals surface area contributed by atoms with Crippen LogP contribution in [-0.4, -0.2) is 26.5 Å². The number of hydrogen-bond acceptors (Lipinski definition) is 4. The zero-order chi connectivity index (χ0) is 17.3. The Labute approximate surface area is 147 Å². The van der Waals surface area contributed by atoms with E-state index in [1.165, 1.54) is 24.3 Å². The Balaban J connectivity index is 1.86. The molecule has 4 unspecified atom stereocenters. The number of alkyl halides is 2. The lowest BCUT2D eigenvalue weighted by Crippen LogP contribution is -2.61. The lowest BCUT2D eigenvalue weighted by molar-refractivity contribution is -0.384. The summed E-state index contributed by atoms with van der Waals surface area (Å²) in [6.45, 7) is 0. The van der Waals surface area contributed by atoms with Crippen molar-refractivity contribution in [1.82, 2.24) is 0 Å². The van der Waals surface area contributed by atoms with E-state index in [0.29, 0.717) is 12.8 Å². The summed E-state index contributed by atoms with van der Waals surface area (Å²) in [4.78, 5) is 34.3. The molecule has 6 nitrogen and oxygen atoms in total. The van der Waals surface area contributed by atoms with Gasteiger partial charge in [0.15, 0.2) is 9.75 Å². The fraction of sp³-hybridized carbons (Fsp3) is 0.375. The molecule has 0 radical (unpaired) electrons. The van der Waals surface area contributed by atoms with Crippen molar-refractivity contribution in [2.24, 2.45) is 11.8 Å². The fourth-order valence-corrected chi connectivity index (χ4v) is 5.02. The number of nitrogens with zero attached hydrogens (tertiary/aromatic N) is 2. The Morgan fingerprint density at radius 3 is 2.08 bits per heavy atom. The topological polar surface area (TPSA) is 80.5 Å². The van der Waals surface area contributed by atoms with Crippen LogP contribution in [0.3, 0.4) is 0 Å². The fourth-order valence-electron chi connectivity index (χ4n) is 4.05. The van der Waals surface area contributed by atoms with E-state index in [9.17, 15) is 19.7 Å². The number of allylic oxidation sites excluding steroid dienone is 2. The predicted molar refractivity (Wildman–Crippen MR) is 88.1 cm³/mol. The molecule has 4 aliphatic rings. The molecule has 2 fully saturated rings. The molecule has 4 atom stereocenters. The summed E-state index contributed by atoms with van der Waals surface area (Å²) in [5.74, 6) is -1.88. The standard InChI is InChI=1S/C16H12Cl2N2O4/c17-15-9-4-5-10(7-6-9)16(15,18)14(22)19(13(15)21)11-2-1-3-12(8-11)20(23)24/h1-5,8-10H,6-7H2. The molecule has 0 aromatic heterocycles. The molecule has 0 N–H and O–H groups in total. The lowest BCUT2D eigenvalue weighted by Gasteiger charge is -2.48. The normalized spacial score (nSPS) is 37.0. The van der Waals surface area contributed by atoms with Gasteiger partial charge in [0.1, 0.15) is 0 Å². The lowest BCUT2D eigenvalue weighted by atomic mass is 9.62. The molecule has 1 aliphatic heterocycles. The summed E-state index contributed by atoms with van der Waals surface area (Å²) in [6, 6.07) is 5.36. The molecule has 8 heteroatoms. The molecule has 1 aromatic rings. The Kier molecular flexibility index (Phi) is 3.12. The summed E-state index contributed by atoms with van der Waals surface area (Å²) < 4.78 is 0. The van der Waals surface area contributed by atoms with E-state index < -0.39 is 26.5 Å². The first kappa shape index (κ1) is 15.6. The molecule has 124 valence electrons. The number of nitro benzene ring substituents is 1. The first-order valence-electron chi connectivity index (χ1n) is 7.51. The van der Waals surface area contributed by atoms with Gasteiger partial charge in [0, 0.05) is 24.0 Å². The SMILES string of the molecule is O=C1N(c2cccc([N+](=O)[O-])c2)C(=O)C2(Cl)C3C=CC(CC3)C12Cl. The number of non-ortho nitro benzene ring substituents is 1. The van der Waals surface area contributed by atoms with Gasteiger partial charge in [-0.15, -0.1) is 23.2 Å². The summed E-state index contributed by atoms with van der Waals surface area (Å²) in [6.07, 6.45) is 5.07. The molecule has 0 spiro atoms. The van der Waals surface area contributed by atoms with Crippen molar-refractivity contribution in [3.05, 3.63) is 46.5 Å². The highest BCUT2D eigenvalue weighted by atomic mass is 35.5. The third-order valence-electron chi connectivity index (χ3n) is 5.24. The van der Waals surface area contributed by atoms with Gasteiger partial charge in [0.05, 0.1) is 10.6 Å². The van der Waals surface area contributed by atoms with Gasteiger partial charge in [-0.05, 0) is 18.9 Å². The van der Waals surface area contributed by atoms with Gasteiger partial charge in [-0.1, -0.05) is 18.2 Å². The molecular weight excluding hydrogens is 355 g/mol. The summed E-state index contributed by atoms with van der Waals surface area (Å²) >= 11 is 13.3. The van der Waals surface area contributed by atoms with Gasteiger partial charge in [-0.3, -0.25) is 19.7 Å². The van der Waals surface area contributed by atoms with Crippen LogP contribution in [0.1, 0.15) is 12.8 Å². The number of halogens is 2. The number of imide groups is 1. The minimum absolute atomic E-state index is 0.119. The van der Waals surface area contributed by atoms with Crippen LogP contribution in [-0.2, 0) is 9.59 Å². The van der Waals surface area contributed by atoms with Crippen molar-refractivity contribution in [2.75, 3.05) is 4.90 Å². The molecular formula is C16H12Cl2N2O4. The van der Waals surface area contributed by atoms with Crippen molar-refractivity contribution in [2.45, 2.75) is 22.6 Å². The largest absolute Gasteiger partial charge is 0.272 e. The van der Waals surface area contributed by atoms with Gasteiger partial charge in [-0.25, -0.2) is 4.90 Å². The zero-order valence-electron chi connectivity index (χ0n) is 12.3. The van der Waals surface area contributed by atoms with Gasteiger partial charge < -0.3 is 0 Å². The Morgan fingerprint density at radius 2 is 1.62 bits per heavy atom. The highest BCUT2D eigenvalue weighted by Crippen LogP contribution is 2.61. The van der Waals surface area contributed by atoms with Crippen LogP contribution >= 0.6 is 23.2 Å². The van der Waals surface area contributed by atoms with Crippen molar-refractivity contribution in [3.8, 4) is 0 Å². The van der Waals surface area contributed by atoms with Gasteiger partial charge >= 0.3 is 0 Å². The van der Waals surface area contributed by atoms with Crippen LogP contribution in [0.5, 0.6) is 0 Å². The average Bonchev–Trinajstić information content (AvgIpc) is 2.76.